The van der Waals surface area contributed by atoms with E-state index < -0.39 is 11.5 Å². The summed E-state index contributed by atoms with van der Waals surface area (Å²) in [5.41, 5.74) is -0.526. The molecule has 0 aromatic heterocycles. The molecule has 68 valence electrons. The van der Waals surface area contributed by atoms with Crippen LogP contribution in [0.1, 0.15) is 20.8 Å². The van der Waals surface area contributed by atoms with Gasteiger partial charge in [-0.25, -0.2) is 0 Å². The Morgan fingerprint density at radius 2 is 1.73 bits per heavy atom. The maximum absolute atomic E-state index is 9.53. The van der Waals surface area contributed by atoms with Crippen molar-refractivity contribution < 1.29 is 15.3 Å². The largest absolute Gasteiger partial charge is 0.396 e. The smallest absolute Gasteiger partial charge is 0.0660 e. The topological polar surface area (TPSA) is 60.7 Å². The van der Waals surface area contributed by atoms with Gasteiger partial charge in [0.25, 0.3) is 0 Å². The van der Waals surface area contributed by atoms with Crippen LogP contribution in [0.25, 0.3) is 0 Å². The van der Waals surface area contributed by atoms with Gasteiger partial charge in [-0.3, -0.25) is 0 Å². The maximum atomic E-state index is 9.53. The van der Waals surface area contributed by atoms with E-state index in [1.54, 1.807) is 20.8 Å². The van der Waals surface area contributed by atoms with Crippen LogP contribution in [0, 0.1) is 11.3 Å². The highest BCUT2D eigenvalue weighted by atomic mass is 16.3. The molecule has 0 saturated carbocycles. The standard InChI is InChI=1S/C8H18O3/c1-6(4-9)7(11)8(2,3)5-10/h6-7,9-11H,4-5H2,1-3H3/t6-,7-/m0/s1. The van der Waals surface area contributed by atoms with Gasteiger partial charge in [-0.15, -0.1) is 0 Å². The molecule has 0 bridgehead atoms. The van der Waals surface area contributed by atoms with Crippen LogP contribution in [0.2, 0.25) is 0 Å². The van der Waals surface area contributed by atoms with E-state index in [1.807, 2.05) is 0 Å². The Balaban J connectivity index is 4.10. The number of hydrogen-bond donors (Lipinski definition) is 3. The minimum Gasteiger partial charge on any atom is -0.396 e. The molecule has 0 saturated heterocycles. The summed E-state index contributed by atoms with van der Waals surface area (Å²) in [5.74, 6) is -0.183. The molecule has 3 nitrogen and oxygen atoms in total. The maximum Gasteiger partial charge on any atom is 0.0660 e. The molecule has 0 spiro atoms. The van der Waals surface area contributed by atoms with E-state index in [4.69, 9.17) is 10.2 Å². The Labute approximate surface area is 67.7 Å². The Morgan fingerprint density at radius 1 is 1.27 bits per heavy atom. The van der Waals surface area contributed by atoms with Gasteiger partial charge in [0.2, 0.25) is 0 Å². The van der Waals surface area contributed by atoms with E-state index in [2.05, 4.69) is 0 Å². The lowest BCUT2D eigenvalue weighted by molar-refractivity contribution is -0.0385. The van der Waals surface area contributed by atoms with Crippen molar-refractivity contribution in [3.05, 3.63) is 0 Å². The zero-order valence-corrected chi connectivity index (χ0v) is 7.41. The van der Waals surface area contributed by atoms with Crippen molar-refractivity contribution in [2.45, 2.75) is 26.9 Å². The molecule has 0 unspecified atom stereocenters. The fourth-order valence-electron chi connectivity index (χ4n) is 0.964. The second-order valence-electron chi connectivity index (χ2n) is 3.75. The normalized spacial score (nSPS) is 18.0. The average molecular weight is 162 g/mol. The van der Waals surface area contributed by atoms with E-state index in [0.29, 0.717) is 0 Å². The third-order valence-electron chi connectivity index (χ3n) is 2.04. The first-order valence-corrected chi connectivity index (χ1v) is 3.85. The van der Waals surface area contributed by atoms with Gasteiger partial charge in [-0.1, -0.05) is 20.8 Å². The molecule has 0 fully saturated rings. The summed E-state index contributed by atoms with van der Waals surface area (Å²) in [4.78, 5) is 0. The highest BCUT2D eigenvalue weighted by Crippen LogP contribution is 2.24. The lowest BCUT2D eigenvalue weighted by Crippen LogP contribution is -2.38. The minimum atomic E-state index is -0.655. The Morgan fingerprint density at radius 3 is 2.00 bits per heavy atom. The first-order valence-electron chi connectivity index (χ1n) is 3.85. The highest BCUT2D eigenvalue weighted by Gasteiger charge is 2.30. The predicted molar refractivity (Wildman–Crippen MR) is 43.1 cm³/mol. The van der Waals surface area contributed by atoms with E-state index in [1.165, 1.54) is 0 Å². The van der Waals surface area contributed by atoms with Crippen molar-refractivity contribution in [2.24, 2.45) is 11.3 Å². The molecule has 0 aliphatic rings. The molecule has 3 heteroatoms. The zero-order valence-electron chi connectivity index (χ0n) is 7.41. The SMILES string of the molecule is C[C@@H](CO)[C@H](O)C(C)(C)CO. The number of rotatable bonds is 4. The van der Waals surface area contributed by atoms with Crippen molar-refractivity contribution in [3.63, 3.8) is 0 Å². The van der Waals surface area contributed by atoms with Gasteiger partial charge < -0.3 is 15.3 Å². The summed E-state index contributed by atoms with van der Waals surface area (Å²) in [6.45, 7) is 5.17. The van der Waals surface area contributed by atoms with Gasteiger partial charge in [0.05, 0.1) is 12.7 Å². The predicted octanol–water partition coefficient (Wildman–Crippen LogP) is -0.00580. The molecule has 0 amide bonds. The molecular formula is C8H18O3. The molecule has 3 N–H and O–H groups in total. The summed E-state index contributed by atoms with van der Waals surface area (Å²) >= 11 is 0. The van der Waals surface area contributed by atoms with Crippen LogP contribution in [-0.2, 0) is 0 Å². The molecule has 2 atom stereocenters. The van der Waals surface area contributed by atoms with Crippen LogP contribution >= 0.6 is 0 Å². The van der Waals surface area contributed by atoms with Crippen LogP contribution in [0.5, 0.6) is 0 Å². The molecule has 0 radical (unpaired) electrons. The molecule has 0 heterocycles. The number of aliphatic hydroxyl groups is 3. The average Bonchev–Trinajstić information content (AvgIpc) is 2.01. The van der Waals surface area contributed by atoms with Crippen LogP contribution < -0.4 is 0 Å². The Bertz CT molecular complexity index is 112. The second-order valence-corrected chi connectivity index (χ2v) is 3.75. The summed E-state index contributed by atoms with van der Waals surface area (Å²) in [6.07, 6.45) is -0.655. The monoisotopic (exact) mass is 162 g/mol. The van der Waals surface area contributed by atoms with Gasteiger partial charge in [-0.2, -0.15) is 0 Å². The highest BCUT2D eigenvalue weighted by molar-refractivity contribution is 4.80. The second kappa shape index (κ2) is 4.04. The van der Waals surface area contributed by atoms with E-state index in [0.717, 1.165) is 0 Å². The number of hydrogen-bond acceptors (Lipinski definition) is 3. The third-order valence-corrected chi connectivity index (χ3v) is 2.04. The lowest BCUT2D eigenvalue weighted by atomic mass is 9.81. The van der Waals surface area contributed by atoms with Crippen molar-refractivity contribution in [1.82, 2.24) is 0 Å². The third kappa shape index (κ3) is 2.77. The zero-order chi connectivity index (χ0) is 9.07. The van der Waals surface area contributed by atoms with Gasteiger partial charge in [-0.05, 0) is 0 Å². The quantitative estimate of drug-likeness (QED) is 0.545. The van der Waals surface area contributed by atoms with E-state index in [9.17, 15) is 5.11 Å². The summed E-state index contributed by atoms with van der Waals surface area (Å²) < 4.78 is 0. The Kier molecular flexibility index (Phi) is 4.00. The van der Waals surface area contributed by atoms with Crippen molar-refractivity contribution in [1.29, 1.82) is 0 Å². The van der Waals surface area contributed by atoms with Crippen LogP contribution in [-0.4, -0.2) is 34.6 Å². The summed E-state index contributed by atoms with van der Waals surface area (Å²) in [7, 11) is 0. The molecular weight excluding hydrogens is 144 g/mol. The molecule has 0 rings (SSSR count). The molecule has 0 aliphatic heterocycles. The Hall–Kier alpha value is -0.120. The molecule has 0 aromatic carbocycles. The van der Waals surface area contributed by atoms with Gasteiger partial charge in [0.1, 0.15) is 0 Å². The molecule has 0 aromatic rings. The van der Waals surface area contributed by atoms with Crippen molar-refractivity contribution >= 4 is 0 Å². The van der Waals surface area contributed by atoms with Crippen molar-refractivity contribution in [3.8, 4) is 0 Å². The van der Waals surface area contributed by atoms with Crippen LogP contribution in [0.4, 0.5) is 0 Å². The van der Waals surface area contributed by atoms with Gasteiger partial charge >= 0.3 is 0 Å². The number of aliphatic hydroxyl groups excluding tert-OH is 3. The molecule has 11 heavy (non-hydrogen) atoms. The fraction of sp³-hybridized carbons (Fsp3) is 1.00. The first-order chi connectivity index (χ1) is 4.95. The van der Waals surface area contributed by atoms with Crippen molar-refractivity contribution in [2.75, 3.05) is 13.2 Å². The first kappa shape index (κ1) is 10.9. The molecule has 0 aliphatic carbocycles. The van der Waals surface area contributed by atoms with Gasteiger partial charge in [0, 0.05) is 17.9 Å². The van der Waals surface area contributed by atoms with E-state index in [-0.39, 0.29) is 19.1 Å². The van der Waals surface area contributed by atoms with Crippen LogP contribution in [0.3, 0.4) is 0 Å². The summed E-state index contributed by atoms with van der Waals surface area (Å²) in [5, 5.41) is 27.1. The van der Waals surface area contributed by atoms with E-state index >= 15 is 0 Å². The minimum absolute atomic E-state index is 0.0510. The fourth-order valence-corrected chi connectivity index (χ4v) is 0.964. The lowest BCUT2D eigenvalue weighted by Gasteiger charge is -2.31. The van der Waals surface area contributed by atoms with Crippen LogP contribution in [0.15, 0.2) is 0 Å². The van der Waals surface area contributed by atoms with Gasteiger partial charge in [0.15, 0.2) is 0 Å². The summed E-state index contributed by atoms with van der Waals surface area (Å²) in [6, 6.07) is 0.